The monoisotopic (exact) mass is 372 g/mol. The zero-order chi connectivity index (χ0) is 18.7. The van der Waals surface area contributed by atoms with Gasteiger partial charge in [-0.3, -0.25) is 4.79 Å². The van der Waals surface area contributed by atoms with E-state index in [2.05, 4.69) is 16.9 Å². The largest absolute Gasteiger partial charge is 0.335 e. The van der Waals surface area contributed by atoms with E-state index in [9.17, 15) is 13.2 Å². The van der Waals surface area contributed by atoms with Crippen molar-refractivity contribution in [2.75, 3.05) is 13.6 Å². The van der Waals surface area contributed by atoms with Crippen molar-refractivity contribution in [3.8, 4) is 0 Å². The van der Waals surface area contributed by atoms with Gasteiger partial charge in [0.1, 0.15) is 0 Å². The van der Waals surface area contributed by atoms with Gasteiger partial charge in [0.25, 0.3) is 5.91 Å². The van der Waals surface area contributed by atoms with Crippen molar-refractivity contribution in [1.29, 1.82) is 0 Å². The molecule has 1 N–H and O–H groups in total. The van der Waals surface area contributed by atoms with Gasteiger partial charge in [-0.15, -0.1) is 0 Å². The van der Waals surface area contributed by atoms with Crippen LogP contribution in [0.5, 0.6) is 0 Å². The fraction of sp³-hybridized carbons (Fsp3) is 0.350. The van der Waals surface area contributed by atoms with Gasteiger partial charge >= 0.3 is 0 Å². The highest BCUT2D eigenvalue weighted by Crippen LogP contribution is 2.34. The topological polar surface area (TPSA) is 66.5 Å². The van der Waals surface area contributed by atoms with Crippen LogP contribution in [0.15, 0.2) is 53.4 Å². The molecule has 1 aliphatic carbocycles. The average Bonchev–Trinajstić information content (AvgIpc) is 2.66. The lowest BCUT2D eigenvalue weighted by Crippen LogP contribution is -2.33. The van der Waals surface area contributed by atoms with Crippen LogP contribution < -0.4 is 4.72 Å². The summed E-state index contributed by atoms with van der Waals surface area (Å²) in [7, 11) is -1.69. The number of sulfonamides is 1. The highest BCUT2D eigenvalue weighted by molar-refractivity contribution is 7.89. The first kappa shape index (κ1) is 18.6. The Hall–Kier alpha value is -2.18. The number of amides is 1. The zero-order valence-electron chi connectivity index (χ0n) is 15.1. The minimum atomic E-state index is -3.51. The van der Waals surface area contributed by atoms with E-state index in [1.807, 2.05) is 19.2 Å². The molecular weight excluding hydrogens is 348 g/mol. The number of nitrogens with one attached hydrogen (secondary N) is 1. The van der Waals surface area contributed by atoms with Crippen LogP contribution in [0, 0.1) is 0 Å². The maximum absolute atomic E-state index is 12.9. The molecule has 0 fully saturated rings. The highest BCUT2D eigenvalue weighted by Gasteiger charge is 2.27. The Morgan fingerprint density at radius 3 is 2.54 bits per heavy atom. The van der Waals surface area contributed by atoms with Crippen LogP contribution in [0.25, 0.3) is 0 Å². The van der Waals surface area contributed by atoms with E-state index in [-0.39, 0.29) is 16.8 Å². The van der Waals surface area contributed by atoms with Gasteiger partial charge in [0.05, 0.1) is 10.9 Å². The summed E-state index contributed by atoms with van der Waals surface area (Å²) in [6.07, 6.45) is 3.04. The fourth-order valence-electron chi connectivity index (χ4n) is 3.53. The molecule has 1 atom stereocenters. The number of carbonyl (C=O) groups excluding carboxylic acids is 1. The maximum Gasteiger partial charge on any atom is 0.254 e. The van der Waals surface area contributed by atoms with Crippen LogP contribution >= 0.6 is 0 Å². The molecule has 0 bridgehead atoms. The number of hydrogen-bond donors (Lipinski definition) is 1. The maximum atomic E-state index is 12.9. The average molecular weight is 372 g/mol. The molecule has 0 radical (unpaired) electrons. The number of aryl methyl sites for hydroxylation is 1. The van der Waals surface area contributed by atoms with E-state index in [0.29, 0.717) is 12.1 Å². The van der Waals surface area contributed by atoms with E-state index < -0.39 is 10.0 Å². The van der Waals surface area contributed by atoms with Crippen LogP contribution in [-0.4, -0.2) is 32.8 Å². The van der Waals surface area contributed by atoms with Crippen LogP contribution in [0.1, 0.15) is 47.3 Å². The first-order chi connectivity index (χ1) is 12.4. The molecule has 138 valence electrons. The molecule has 0 unspecified atom stereocenters. The van der Waals surface area contributed by atoms with E-state index >= 15 is 0 Å². The Morgan fingerprint density at radius 1 is 1.15 bits per heavy atom. The van der Waals surface area contributed by atoms with Gasteiger partial charge < -0.3 is 4.90 Å². The lowest BCUT2D eigenvalue weighted by Gasteiger charge is -2.33. The standard InChI is InChI=1S/C20H24N2O3S/c1-3-21-26(24,25)17-13-11-16(12-14-17)20(23)22(2)19-10-6-8-15-7-4-5-9-18(15)19/h4-5,7,9,11-14,19,21H,3,6,8,10H2,1-2H3/t19-/m1/s1. The Balaban J connectivity index is 1.82. The van der Waals surface area contributed by atoms with Gasteiger partial charge in [0.2, 0.25) is 10.0 Å². The summed E-state index contributed by atoms with van der Waals surface area (Å²) in [5.74, 6) is -0.0981. The van der Waals surface area contributed by atoms with Gasteiger partial charge in [0.15, 0.2) is 0 Å². The summed E-state index contributed by atoms with van der Waals surface area (Å²) in [6, 6.07) is 14.4. The predicted molar refractivity (Wildman–Crippen MR) is 102 cm³/mol. The molecule has 0 heterocycles. The molecule has 1 amide bonds. The predicted octanol–water partition coefficient (Wildman–Crippen LogP) is 3.13. The fourth-order valence-corrected chi connectivity index (χ4v) is 4.57. The molecule has 2 aromatic carbocycles. The highest BCUT2D eigenvalue weighted by atomic mass is 32.2. The van der Waals surface area contributed by atoms with E-state index in [1.54, 1.807) is 24.0 Å². The third-order valence-corrected chi connectivity index (χ3v) is 6.43. The first-order valence-corrected chi connectivity index (χ1v) is 10.4. The van der Waals surface area contributed by atoms with Gasteiger partial charge in [-0.1, -0.05) is 31.2 Å². The molecule has 3 rings (SSSR count). The third kappa shape index (κ3) is 3.66. The molecule has 5 nitrogen and oxygen atoms in total. The Morgan fingerprint density at radius 2 is 1.85 bits per heavy atom. The Labute approximate surface area is 155 Å². The van der Waals surface area contributed by atoms with E-state index in [1.165, 1.54) is 23.3 Å². The molecule has 1 aliphatic rings. The summed E-state index contributed by atoms with van der Waals surface area (Å²) in [6.45, 7) is 2.05. The van der Waals surface area contributed by atoms with Gasteiger partial charge in [-0.05, 0) is 54.7 Å². The number of fused-ring (bicyclic) bond motifs is 1. The van der Waals surface area contributed by atoms with Crippen molar-refractivity contribution in [3.63, 3.8) is 0 Å². The van der Waals surface area contributed by atoms with Gasteiger partial charge in [-0.2, -0.15) is 0 Å². The van der Waals surface area contributed by atoms with E-state index in [0.717, 1.165) is 19.3 Å². The number of benzene rings is 2. The first-order valence-electron chi connectivity index (χ1n) is 8.88. The van der Waals surface area contributed by atoms with Crippen molar-refractivity contribution < 1.29 is 13.2 Å². The van der Waals surface area contributed by atoms with Crippen molar-refractivity contribution in [1.82, 2.24) is 9.62 Å². The Kier molecular flexibility index (Phi) is 5.44. The summed E-state index contributed by atoms with van der Waals surface area (Å²) in [5.41, 5.74) is 3.00. The second-order valence-corrected chi connectivity index (χ2v) is 8.32. The molecule has 0 spiro atoms. The van der Waals surface area contributed by atoms with Crippen LogP contribution in [0.3, 0.4) is 0 Å². The van der Waals surface area contributed by atoms with Crippen molar-refractivity contribution in [2.24, 2.45) is 0 Å². The summed E-state index contributed by atoms with van der Waals surface area (Å²) in [5, 5.41) is 0. The molecule has 6 heteroatoms. The number of rotatable bonds is 5. The van der Waals surface area contributed by atoms with Crippen molar-refractivity contribution in [3.05, 3.63) is 65.2 Å². The van der Waals surface area contributed by atoms with Crippen LogP contribution in [-0.2, 0) is 16.4 Å². The Bertz CT molecular complexity index is 892. The molecule has 2 aromatic rings. The minimum Gasteiger partial charge on any atom is -0.335 e. The van der Waals surface area contributed by atoms with Crippen molar-refractivity contribution in [2.45, 2.75) is 37.1 Å². The van der Waals surface area contributed by atoms with Crippen molar-refractivity contribution >= 4 is 15.9 Å². The second kappa shape index (κ2) is 7.60. The normalized spacial score (nSPS) is 16.8. The lowest BCUT2D eigenvalue weighted by molar-refractivity contribution is 0.0715. The molecule has 0 aromatic heterocycles. The molecule has 0 saturated carbocycles. The zero-order valence-corrected chi connectivity index (χ0v) is 15.9. The summed E-state index contributed by atoms with van der Waals surface area (Å²) >= 11 is 0. The smallest absolute Gasteiger partial charge is 0.254 e. The van der Waals surface area contributed by atoms with Crippen LogP contribution in [0.4, 0.5) is 0 Å². The number of nitrogens with zero attached hydrogens (tertiary/aromatic N) is 1. The van der Waals surface area contributed by atoms with Crippen LogP contribution in [0.2, 0.25) is 0 Å². The minimum absolute atomic E-state index is 0.0533. The van der Waals surface area contributed by atoms with Gasteiger partial charge in [-0.25, -0.2) is 13.1 Å². The molecule has 26 heavy (non-hydrogen) atoms. The summed E-state index contributed by atoms with van der Waals surface area (Å²) in [4.78, 5) is 14.8. The quantitative estimate of drug-likeness (QED) is 0.877. The van der Waals surface area contributed by atoms with E-state index in [4.69, 9.17) is 0 Å². The number of hydrogen-bond acceptors (Lipinski definition) is 3. The lowest BCUT2D eigenvalue weighted by atomic mass is 9.87. The second-order valence-electron chi connectivity index (χ2n) is 6.55. The molecule has 0 aliphatic heterocycles. The SMILES string of the molecule is CCNS(=O)(=O)c1ccc(C(=O)N(C)[C@@H]2CCCc3ccccc32)cc1. The molecule has 0 saturated heterocycles. The van der Waals surface area contributed by atoms with Gasteiger partial charge in [0, 0.05) is 19.2 Å². The third-order valence-electron chi connectivity index (χ3n) is 4.87. The summed E-state index contributed by atoms with van der Waals surface area (Å²) < 4.78 is 26.5. The number of carbonyl (C=O) groups is 1. The molecular formula is C20H24N2O3S.